The summed E-state index contributed by atoms with van der Waals surface area (Å²) in [6, 6.07) is 42.0. The van der Waals surface area contributed by atoms with Crippen LogP contribution in [-0.2, 0) is 5.41 Å². The number of ether oxygens (including phenoxy) is 1. The fraction of sp³-hybridized carbons (Fsp3) is 0.116. The quantitative estimate of drug-likeness (QED) is 0.203. The van der Waals surface area contributed by atoms with Gasteiger partial charge in [0, 0.05) is 50.2 Å². The Balaban J connectivity index is 1.11. The zero-order valence-corrected chi connectivity index (χ0v) is 25.5. The summed E-state index contributed by atoms with van der Waals surface area (Å²) >= 11 is 0. The van der Waals surface area contributed by atoms with E-state index < -0.39 is 0 Å². The number of hydrogen-bond acceptors (Lipinski definition) is 2. The highest BCUT2D eigenvalue weighted by Gasteiger charge is 2.47. The number of fused-ring (bicyclic) bond motifs is 9. The Hall–Kier alpha value is -5.54. The maximum absolute atomic E-state index is 6.87. The van der Waals surface area contributed by atoms with Gasteiger partial charge in [-0.1, -0.05) is 115 Å². The summed E-state index contributed by atoms with van der Waals surface area (Å²) in [6.07, 6.45) is 16.0. The molecule has 0 N–H and O–H groups in total. The van der Waals surface area contributed by atoms with Gasteiger partial charge in [-0.05, 0) is 55.0 Å². The van der Waals surface area contributed by atoms with Gasteiger partial charge in [-0.3, -0.25) is 0 Å². The molecule has 4 aliphatic rings. The predicted molar refractivity (Wildman–Crippen MR) is 189 cm³/mol. The molecule has 1 aromatic heterocycles. The van der Waals surface area contributed by atoms with Gasteiger partial charge in [-0.2, -0.15) is 0 Å². The van der Waals surface area contributed by atoms with Crippen molar-refractivity contribution in [1.82, 2.24) is 4.57 Å². The van der Waals surface area contributed by atoms with Crippen molar-refractivity contribution in [3.05, 3.63) is 175 Å². The molecule has 2 aliphatic heterocycles. The first kappa shape index (κ1) is 25.8. The number of allylic oxidation sites excluding steroid dienone is 3. The van der Waals surface area contributed by atoms with Crippen LogP contribution in [0.4, 0.5) is 5.69 Å². The second-order valence-electron chi connectivity index (χ2n) is 13.0. The van der Waals surface area contributed by atoms with Crippen molar-refractivity contribution in [3.63, 3.8) is 0 Å². The molecule has 0 bridgehead atoms. The molecule has 3 heterocycles. The molecule has 10 rings (SSSR count). The highest BCUT2D eigenvalue weighted by atomic mass is 16.5. The lowest BCUT2D eigenvalue weighted by atomic mass is 9.76. The largest absolute Gasteiger partial charge is 0.484 e. The molecule has 220 valence electrons. The standard InChI is InChI=1S/C43H32N2O/c1-43-26-11-10-23-41(43)44(39-22-9-5-18-35(39)43)28-24-25-40-34(27-28)33-17-12-16-32(42(33)46-40)31-15-4-8-21-38(31)45-36-19-6-2-13-29(36)30-14-3-7-20-37(30)45/h2-27,34,40-41H,1H3. The monoisotopic (exact) mass is 592 g/mol. The van der Waals surface area contributed by atoms with Gasteiger partial charge in [0.05, 0.1) is 22.8 Å². The van der Waals surface area contributed by atoms with E-state index in [1.165, 1.54) is 49.9 Å². The van der Waals surface area contributed by atoms with Crippen molar-refractivity contribution in [2.75, 3.05) is 4.90 Å². The first-order valence-corrected chi connectivity index (χ1v) is 16.2. The van der Waals surface area contributed by atoms with Crippen LogP contribution < -0.4 is 9.64 Å². The molecule has 2 aliphatic carbocycles. The third kappa shape index (κ3) is 3.43. The lowest BCUT2D eigenvalue weighted by Gasteiger charge is -2.36. The smallest absolute Gasteiger partial charge is 0.132 e. The van der Waals surface area contributed by atoms with E-state index in [0.29, 0.717) is 0 Å². The minimum atomic E-state index is -0.0648. The van der Waals surface area contributed by atoms with Crippen LogP contribution in [-0.4, -0.2) is 16.7 Å². The number of anilines is 1. The highest BCUT2D eigenvalue weighted by Crippen LogP contribution is 2.53. The molecule has 3 heteroatoms. The molecule has 46 heavy (non-hydrogen) atoms. The maximum atomic E-state index is 6.87. The average Bonchev–Trinajstić information content (AvgIpc) is 3.74. The van der Waals surface area contributed by atoms with Crippen molar-refractivity contribution in [3.8, 4) is 22.6 Å². The van der Waals surface area contributed by atoms with Gasteiger partial charge in [0.2, 0.25) is 0 Å². The van der Waals surface area contributed by atoms with E-state index in [-0.39, 0.29) is 23.5 Å². The molecule has 0 radical (unpaired) electrons. The van der Waals surface area contributed by atoms with E-state index in [2.05, 4.69) is 174 Å². The van der Waals surface area contributed by atoms with Crippen LogP contribution in [0.25, 0.3) is 38.6 Å². The van der Waals surface area contributed by atoms with Crippen LogP contribution in [0.1, 0.15) is 24.0 Å². The Kier molecular flexibility index (Phi) is 5.31. The second-order valence-corrected chi connectivity index (χ2v) is 13.0. The number of hydrogen-bond donors (Lipinski definition) is 0. The fourth-order valence-electron chi connectivity index (χ4n) is 8.48. The van der Waals surface area contributed by atoms with Gasteiger partial charge in [0.25, 0.3) is 0 Å². The fourth-order valence-corrected chi connectivity index (χ4v) is 8.48. The topological polar surface area (TPSA) is 17.4 Å². The predicted octanol–water partition coefficient (Wildman–Crippen LogP) is 10.0. The van der Waals surface area contributed by atoms with Crippen LogP contribution in [0.3, 0.4) is 0 Å². The Bertz CT molecular complexity index is 2300. The lowest BCUT2D eigenvalue weighted by molar-refractivity contribution is 0.269. The van der Waals surface area contributed by atoms with Crippen molar-refractivity contribution in [2.24, 2.45) is 0 Å². The first-order chi connectivity index (χ1) is 22.7. The van der Waals surface area contributed by atoms with Crippen LogP contribution in [0.15, 0.2) is 163 Å². The van der Waals surface area contributed by atoms with Crippen LogP contribution in [0.2, 0.25) is 0 Å². The molecule has 4 atom stereocenters. The first-order valence-electron chi connectivity index (χ1n) is 16.2. The van der Waals surface area contributed by atoms with E-state index in [4.69, 9.17) is 4.74 Å². The van der Waals surface area contributed by atoms with Gasteiger partial charge in [0.1, 0.15) is 11.9 Å². The second kappa shape index (κ2) is 9.48. The molecule has 3 nitrogen and oxygen atoms in total. The van der Waals surface area contributed by atoms with Gasteiger partial charge in [0.15, 0.2) is 0 Å². The molecule has 0 saturated heterocycles. The van der Waals surface area contributed by atoms with Crippen molar-refractivity contribution in [1.29, 1.82) is 0 Å². The Morgan fingerprint density at radius 1 is 0.652 bits per heavy atom. The Labute approximate surface area is 268 Å². The molecule has 0 fully saturated rings. The Morgan fingerprint density at radius 3 is 2.17 bits per heavy atom. The van der Waals surface area contributed by atoms with Gasteiger partial charge >= 0.3 is 0 Å². The Morgan fingerprint density at radius 2 is 1.35 bits per heavy atom. The zero-order chi connectivity index (χ0) is 30.4. The van der Waals surface area contributed by atoms with Crippen molar-refractivity contribution < 1.29 is 4.74 Å². The number of benzene rings is 5. The van der Waals surface area contributed by atoms with Crippen LogP contribution in [0, 0.1) is 0 Å². The average molecular weight is 593 g/mol. The number of aromatic nitrogens is 1. The van der Waals surface area contributed by atoms with Gasteiger partial charge in [-0.15, -0.1) is 0 Å². The third-order valence-corrected chi connectivity index (χ3v) is 10.6. The summed E-state index contributed by atoms with van der Waals surface area (Å²) in [4.78, 5) is 2.53. The number of nitrogens with zero attached hydrogens (tertiary/aromatic N) is 2. The summed E-state index contributed by atoms with van der Waals surface area (Å²) < 4.78 is 9.28. The van der Waals surface area contributed by atoms with E-state index in [0.717, 1.165) is 17.0 Å². The molecule has 5 aromatic carbocycles. The van der Waals surface area contributed by atoms with Crippen LogP contribution in [0.5, 0.6) is 5.75 Å². The van der Waals surface area contributed by atoms with E-state index in [9.17, 15) is 0 Å². The van der Waals surface area contributed by atoms with Crippen molar-refractivity contribution in [2.45, 2.75) is 30.4 Å². The molecular weight excluding hydrogens is 560 g/mol. The summed E-state index contributed by atoms with van der Waals surface area (Å²) in [5.41, 5.74) is 10.9. The molecule has 0 saturated carbocycles. The normalized spacial score (nSPS) is 23.6. The van der Waals surface area contributed by atoms with E-state index in [1.54, 1.807) is 0 Å². The number of rotatable bonds is 3. The minimum absolute atomic E-state index is 0.0358. The minimum Gasteiger partial charge on any atom is -0.484 e. The molecule has 6 aromatic rings. The van der Waals surface area contributed by atoms with Gasteiger partial charge < -0.3 is 14.2 Å². The number of para-hydroxylation sites is 5. The third-order valence-electron chi connectivity index (χ3n) is 10.6. The lowest BCUT2D eigenvalue weighted by Crippen LogP contribution is -2.41. The molecular formula is C43H32N2O. The van der Waals surface area contributed by atoms with E-state index in [1.807, 2.05) is 0 Å². The summed E-state index contributed by atoms with van der Waals surface area (Å²) in [5.74, 6) is 1.12. The zero-order valence-electron chi connectivity index (χ0n) is 25.5. The molecule has 0 spiro atoms. The van der Waals surface area contributed by atoms with E-state index >= 15 is 0 Å². The SMILES string of the molecule is CC12C=CC=CC1N(C1=CC3c4cccc(-c5ccccc5-n5c6ccccc6c6ccccc65)c4OC3C=C1)c1ccccc12. The summed E-state index contributed by atoms with van der Waals surface area (Å²) in [6.45, 7) is 2.36. The molecule has 4 unspecified atom stereocenters. The van der Waals surface area contributed by atoms with Gasteiger partial charge in [-0.25, -0.2) is 0 Å². The summed E-state index contributed by atoms with van der Waals surface area (Å²) in [7, 11) is 0. The van der Waals surface area contributed by atoms with Crippen LogP contribution >= 0.6 is 0 Å². The maximum Gasteiger partial charge on any atom is 0.132 e. The molecule has 0 amide bonds. The summed E-state index contributed by atoms with van der Waals surface area (Å²) in [5, 5.41) is 2.53. The van der Waals surface area contributed by atoms with Crippen molar-refractivity contribution >= 4 is 27.5 Å². The highest BCUT2D eigenvalue weighted by molar-refractivity contribution is 6.09.